The van der Waals surface area contributed by atoms with Crippen molar-refractivity contribution < 1.29 is 19.1 Å². The third-order valence-corrected chi connectivity index (χ3v) is 6.75. The number of ether oxygens (including phenoxy) is 1. The fourth-order valence-electron chi connectivity index (χ4n) is 4.13. The first-order chi connectivity index (χ1) is 14.5. The Bertz CT molecular complexity index is 1020. The number of halogens is 1. The molecule has 0 bridgehead atoms. The average molecular weight is 463 g/mol. The van der Waals surface area contributed by atoms with Crippen LogP contribution >= 0.6 is 23.4 Å². The minimum absolute atomic E-state index is 0.136. The molecule has 2 aliphatic heterocycles. The first kappa shape index (κ1) is 23.4. The molecule has 6 nitrogen and oxygen atoms in total. The Morgan fingerprint density at radius 1 is 1.29 bits per heavy atom. The number of thioether (sulfide) groups is 1. The number of hydrogen-bond donors (Lipinski definition) is 0. The highest BCUT2D eigenvalue weighted by atomic mass is 35.5. The molecule has 1 atom stereocenters. The molecule has 2 heterocycles. The van der Waals surface area contributed by atoms with Crippen molar-refractivity contribution in [2.24, 2.45) is 0 Å². The van der Waals surface area contributed by atoms with Gasteiger partial charge in [-0.3, -0.25) is 14.5 Å². The van der Waals surface area contributed by atoms with Gasteiger partial charge < -0.3 is 9.64 Å². The Hall–Kier alpha value is -2.25. The van der Waals surface area contributed by atoms with Crippen LogP contribution in [0.4, 0.5) is 10.5 Å². The number of imide groups is 1. The second-order valence-corrected chi connectivity index (χ2v) is 9.50. The van der Waals surface area contributed by atoms with Gasteiger partial charge in [-0.1, -0.05) is 17.7 Å². The molecule has 0 radical (unpaired) electrons. The average Bonchev–Trinajstić information content (AvgIpc) is 2.95. The number of benzene rings is 1. The van der Waals surface area contributed by atoms with Gasteiger partial charge in [-0.2, -0.15) is 0 Å². The number of likely N-dealkylation sites (N-methyl/N-ethyl adjacent to an activating group) is 1. The van der Waals surface area contributed by atoms with E-state index in [0.717, 1.165) is 40.0 Å². The van der Waals surface area contributed by atoms with Crippen LogP contribution in [0.15, 0.2) is 23.1 Å². The number of rotatable bonds is 5. The number of carbonyl (C=O) groups excluding carboxylic acids is 3. The lowest BCUT2D eigenvalue weighted by Crippen LogP contribution is -2.44. The molecule has 2 amide bonds. The SMILES string of the molecule is CCOC(=O)C(C)N1C(=O)S/C(=C\c2cc3c(cc2Cl)N(CC)C(C)(C)C=C3C)C1=O. The van der Waals surface area contributed by atoms with E-state index in [-0.39, 0.29) is 17.1 Å². The van der Waals surface area contributed by atoms with Crippen LogP contribution < -0.4 is 4.90 Å². The van der Waals surface area contributed by atoms with E-state index in [1.165, 1.54) is 6.92 Å². The maximum atomic E-state index is 12.9. The lowest BCUT2D eigenvalue weighted by atomic mass is 9.88. The normalized spacial score (nSPS) is 20.1. The molecule has 0 aromatic heterocycles. The van der Waals surface area contributed by atoms with Crippen LogP contribution in [0.3, 0.4) is 0 Å². The van der Waals surface area contributed by atoms with Crippen LogP contribution in [0.25, 0.3) is 11.6 Å². The summed E-state index contributed by atoms with van der Waals surface area (Å²) in [6, 6.07) is 2.88. The molecule has 8 heteroatoms. The molecule has 1 aromatic rings. The van der Waals surface area contributed by atoms with Crippen molar-refractivity contribution >= 4 is 57.8 Å². The van der Waals surface area contributed by atoms with E-state index in [2.05, 4.69) is 38.7 Å². The van der Waals surface area contributed by atoms with Crippen molar-refractivity contribution in [3.63, 3.8) is 0 Å². The smallest absolute Gasteiger partial charge is 0.329 e. The van der Waals surface area contributed by atoms with Crippen molar-refractivity contribution in [3.05, 3.63) is 39.3 Å². The van der Waals surface area contributed by atoms with E-state index in [1.54, 1.807) is 13.0 Å². The van der Waals surface area contributed by atoms with Crippen molar-refractivity contribution in [2.45, 2.75) is 53.1 Å². The summed E-state index contributed by atoms with van der Waals surface area (Å²) in [6.07, 6.45) is 3.83. The Balaban J connectivity index is 1.98. The lowest BCUT2D eigenvalue weighted by Gasteiger charge is -2.43. The third-order valence-electron chi connectivity index (χ3n) is 5.54. The van der Waals surface area contributed by atoms with E-state index in [4.69, 9.17) is 16.3 Å². The van der Waals surface area contributed by atoms with Gasteiger partial charge in [0.2, 0.25) is 0 Å². The van der Waals surface area contributed by atoms with Gasteiger partial charge in [-0.15, -0.1) is 0 Å². The van der Waals surface area contributed by atoms with Gasteiger partial charge in [0.05, 0.1) is 17.1 Å². The topological polar surface area (TPSA) is 66.9 Å². The van der Waals surface area contributed by atoms with Crippen LogP contribution in [0.2, 0.25) is 5.02 Å². The highest BCUT2D eigenvalue weighted by Crippen LogP contribution is 2.42. The fourth-order valence-corrected chi connectivity index (χ4v) is 5.24. The Morgan fingerprint density at radius 2 is 1.97 bits per heavy atom. The molecule has 1 saturated heterocycles. The van der Waals surface area contributed by atoms with Crippen molar-refractivity contribution in [1.29, 1.82) is 0 Å². The molecule has 0 N–H and O–H groups in total. The van der Waals surface area contributed by atoms with Crippen LogP contribution in [0.5, 0.6) is 0 Å². The number of anilines is 1. The predicted molar refractivity (Wildman–Crippen MR) is 126 cm³/mol. The zero-order valence-corrected chi connectivity index (χ0v) is 20.2. The zero-order valence-electron chi connectivity index (χ0n) is 18.6. The number of hydrogen-bond acceptors (Lipinski definition) is 6. The quantitative estimate of drug-likeness (QED) is 0.434. The minimum Gasteiger partial charge on any atom is -0.464 e. The summed E-state index contributed by atoms with van der Waals surface area (Å²) in [5.41, 5.74) is 3.72. The Kier molecular flexibility index (Phi) is 6.58. The first-order valence-electron chi connectivity index (χ1n) is 10.3. The molecule has 0 spiro atoms. The number of nitrogens with zero attached hydrogens (tertiary/aromatic N) is 2. The highest BCUT2D eigenvalue weighted by Gasteiger charge is 2.41. The van der Waals surface area contributed by atoms with Crippen LogP contribution in [0.1, 0.15) is 52.7 Å². The van der Waals surface area contributed by atoms with E-state index >= 15 is 0 Å². The summed E-state index contributed by atoms with van der Waals surface area (Å²) >= 11 is 7.39. The van der Waals surface area contributed by atoms with Crippen molar-refractivity contribution in [3.8, 4) is 0 Å². The third kappa shape index (κ3) is 4.26. The number of carbonyl (C=O) groups is 3. The molecule has 166 valence electrons. The number of esters is 1. The van der Waals surface area contributed by atoms with E-state index in [1.807, 2.05) is 12.1 Å². The van der Waals surface area contributed by atoms with Gasteiger partial charge >= 0.3 is 5.97 Å². The van der Waals surface area contributed by atoms with Crippen molar-refractivity contribution in [1.82, 2.24) is 4.90 Å². The second-order valence-electron chi connectivity index (χ2n) is 8.10. The number of amides is 2. The molecule has 1 fully saturated rings. The van der Waals surface area contributed by atoms with Crippen LogP contribution in [0, 0.1) is 0 Å². The second kappa shape index (κ2) is 8.71. The van der Waals surface area contributed by atoms with Crippen LogP contribution in [-0.2, 0) is 14.3 Å². The van der Waals surface area contributed by atoms with Gasteiger partial charge in [0.25, 0.3) is 11.1 Å². The van der Waals surface area contributed by atoms with Crippen LogP contribution in [-0.4, -0.2) is 46.7 Å². The molecule has 1 unspecified atom stereocenters. The summed E-state index contributed by atoms with van der Waals surface area (Å²) in [6.45, 7) is 12.6. The molecule has 0 saturated carbocycles. The first-order valence-corrected chi connectivity index (χ1v) is 11.5. The summed E-state index contributed by atoms with van der Waals surface area (Å²) in [4.78, 5) is 40.8. The Morgan fingerprint density at radius 3 is 2.58 bits per heavy atom. The van der Waals surface area contributed by atoms with Gasteiger partial charge in [0.1, 0.15) is 6.04 Å². The summed E-state index contributed by atoms with van der Waals surface area (Å²) in [5, 5.41) is -0.00573. The number of fused-ring (bicyclic) bond motifs is 1. The van der Waals surface area contributed by atoms with Gasteiger partial charge in [0.15, 0.2) is 0 Å². The molecule has 2 aliphatic rings. The van der Waals surface area contributed by atoms with E-state index in [0.29, 0.717) is 10.6 Å². The molecule has 3 rings (SSSR count). The number of allylic oxidation sites excluding steroid dienone is 1. The fraction of sp³-hybridized carbons (Fsp3) is 0.435. The Labute approximate surface area is 192 Å². The van der Waals surface area contributed by atoms with Gasteiger partial charge in [0, 0.05) is 22.8 Å². The molecule has 0 aliphatic carbocycles. The zero-order chi connectivity index (χ0) is 23.1. The molecule has 31 heavy (non-hydrogen) atoms. The van der Waals surface area contributed by atoms with E-state index < -0.39 is 23.2 Å². The predicted octanol–water partition coefficient (Wildman–Crippen LogP) is 5.35. The summed E-state index contributed by atoms with van der Waals surface area (Å²) in [5.74, 6) is -1.13. The maximum Gasteiger partial charge on any atom is 0.329 e. The molecular weight excluding hydrogens is 436 g/mol. The van der Waals surface area contributed by atoms with Gasteiger partial charge in [-0.05, 0) is 82.6 Å². The standard InChI is InChI=1S/C23H27ClN2O4S/c1-7-25-18-11-17(24)15(9-16(18)13(3)12-23(25,5)6)10-19-20(27)26(22(29)31-19)14(4)21(28)30-8-2/h9-12,14H,7-8H2,1-6H3/b19-10-. The minimum atomic E-state index is -0.983. The summed E-state index contributed by atoms with van der Waals surface area (Å²) < 4.78 is 4.95. The molecular formula is C23H27ClN2O4S. The largest absolute Gasteiger partial charge is 0.464 e. The summed E-state index contributed by atoms with van der Waals surface area (Å²) in [7, 11) is 0. The van der Waals surface area contributed by atoms with E-state index in [9.17, 15) is 14.4 Å². The lowest BCUT2D eigenvalue weighted by molar-refractivity contribution is -0.150. The molecule has 1 aromatic carbocycles. The maximum absolute atomic E-state index is 12.9. The monoisotopic (exact) mass is 462 g/mol. The van der Waals surface area contributed by atoms with Gasteiger partial charge in [-0.25, -0.2) is 4.79 Å². The van der Waals surface area contributed by atoms with Crippen molar-refractivity contribution in [2.75, 3.05) is 18.1 Å². The highest BCUT2D eigenvalue weighted by molar-refractivity contribution is 8.18.